The van der Waals surface area contributed by atoms with Crippen molar-refractivity contribution in [2.75, 3.05) is 20.3 Å². The van der Waals surface area contributed by atoms with Gasteiger partial charge in [0.25, 0.3) is 0 Å². The number of methoxy groups -OCH3 is 1. The lowest BCUT2D eigenvalue weighted by Crippen LogP contribution is -2.21. The van der Waals surface area contributed by atoms with Gasteiger partial charge in [0, 0.05) is 0 Å². The molecule has 0 aliphatic heterocycles. The van der Waals surface area contributed by atoms with E-state index in [0.717, 1.165) is 37.0 Å². The summed E-state index contributed by atoms with van der Waals surface area (Å²) in [7, 11) is 1.28. The minimum absolute atomic E-state index is 0.407. The molecule has 0 heterocycles. The Morgan fingerprint density at radius 1 is 1.24 bits per heavy atom. The summed E-state index contributed by atoms with van der Waals surface area (Å²) in [5, 5.41) is 9.48. The predicted molar refractivity (Wildman–Crippen MR) is 81.2 cm³/mol. The zero-order valence-corrected chi connectivity index (χ0v) is 12.6. The lowest BCUT2D eigenvalue weighted by Gasteiger charge is -2.09. The first-order chi connectivity index (χ1) is 10.2. The average Bonchev–Trinajstić information content (AvgIpc) is 2.52. The number of hydrogen-bond acceptors (Lipinski definition) is 5. The molecule has 0 bridgehead atoms. The van der Waals surface area contributed by atoms with E-state index >= 15 is 0 Å². The molecule has 0 fully saturated rings. The van der Waals surface area contributed by atoms with Crippen LogP contribution < -0.4 is 10.5 Å². The number of benzene rings is 1. The normalized spacial score (nSPS) is 12.0. The SMILES string of the molecule is COC(=O)C(O)CCCc1ccc(OCCCCN)cc1. The molecule has 1 unspecified atom stereocenters. The van der Waals surface area contributed by atoms with Crippen molar-refractivity contribution < 1.29 is 19.4 Å². The van der Waals surface area contributed by atoms with Crippen LogP contribution in [0.5, 0.6) is 5.75 Å². The zero-order chi connectivity index (χ0) is 15.5. The van der Waals surface area contributed by atoms with Crippen molar-refractivity contribution in [3.05, 3.63) is 29.8 Å². The summed E-state index contributed by atoms with van der Waals surface area (Å²) in [6.45, 7) is 1.38. The highest BCUT2D eigenvalue weighted by molar-refractivity contribution is 5.74. The average molecular weight is 295 g/mol. The van der Waals surface area contributed by atoms with Gasteiger partial charge in [0.15, 0.2) is 6.10 Å². The van der Waals surface area contributed by atoms with E-state index in [4.69, 9.17) is 10.5 Å². The summed E-state index contributed by atoms with van der Waals surface area (Å²) in [4.78, 5) is 11.0. The van der Waals surface area contributed by atoms with Crippen LogP contribution in [0.4, 0.5) is 0 Å². The monoisotopic (exact) mass is 295 g/mol. The molecule has 0 aromatic heterocycles. The second kappa shape index (κ2) is 10.2. The van der Waals surface area contributed by atoms with Crippen LogP contribution in [0.1, 0.15) is 31.2 Å². The third-order valence-electron chi connectivity index (χ3n) is 3.21. The number of hydrogen-bond donors (Lipinski definition) is 2. The Labute approximate surface area is 126 Å². The highest BCUT2D eigenvalue weighted by Gasteiger charge is 2.14. The van der Waals surface area contributed by atoms with Crippen LogP contribution in [0.15, 0.2) is 24.3 Å². The molecule has 0 amide bonds. The number of aryl methyl sites for hydroxylation is 1. The van der Waals surface area contributed by atoms with E-state index in [-0.39, 0.29) is 0 Å². The maximum Gasteiger partial charge on any atom is 0.334 e. The molecular formula is C16H25NO4. The fourth-order valence-electron chi connectivity index (χ4n) is 1.94. The van der Waals surface area contributed by atoms with Gasteiger partial charge in [0.05, 0.1) is 13.7 Å². The molecule has 118 valence electrons. The molecule has 1 rings (SSSR count). The molecule has 0 spiro atoms. The fourth-order valence-corrected chi connectivity index (χ4v) is 1.94. The van der Waals surface area contributed by atoms with E-state index in [9.17, 15) is 9.90 Å². The molecule has 0 radical (unpaired) electrons. The number of rotatable bonds is 10. The smallest absolute Gasteiger partial charge is 0.334 e. The molecule has 0 saturated carbocycles. The number of carbonyl (C=O) groups is 1. The van der Waals surface area contributed by atoms with Gasteiger partial charge in [-0.05, 0) is 56.3 Å². The molecule has 3 N–H and O–H groups in total. The van der Waals surface area contributed by atoms with Crippen molar-refractivity contribution in [3.8, 4) is 5.75 Å². The fraction of sp³-hybridized carbons (Fsp3) is 0.562. The zero-order valence-electron chi connectivity index (χ0n) is 12.6. The molecule has 5 nitrogen and oxygen atoms in total. The number of esters is 1. The van der Waals surface area contributed by atoms with Gasteiger partial charge in [0.2, 0.25) is 0 Å². The molecular weight excluding hydrogens is 270 g/mol. The Kier molecular flexibility index (Phi) is 8.47. The Balaban J connectivity index is 2.26. The molecule has 0 saturated heterocycles. The number of aliphatic hydroxyl groups excluding tert-OH is 1. The molecule has 5 heteroatoms. The topological polar surface area (TPSA) is 81.8 Å². The van der Waals surface area contributed by atoms with Crippen LogP contribution in [0.3, 0.4) is 0 Å². The van der Waals surface area contributed by atoms with Gasteiger partial charge in [-0.25, -0.2) is 4.79 Å². The first-order valence-corrected chi connectivity index (χ1v) is 7.35. The van der Waals surface area contributed by atoms with Crippen molar-refractivity contribution in [2.45, 2.75) is 38.2 Å². The van der Waals surface area contributed by atoms with Gasteiger partial charge in [0.1, 0.15) is 5.75 Å². The predicted octanol–water partition coefficient (Wildman–Crippen LogP) is 1.66. The van der Waals surface area contributed by atoms with Crippen LogP contribution in [-0.2, 0) is 16.0 Å². The van der Waals surface area contributed by atoms with E-state index < -0.39 is 12.1 Å². The summed E-state index contributed by atoms with van der Waals surface area (Å²) in [6, 6.07) is 7.88. The molecule has 0 aliphatic rings. The molecule has 1 aromatic carbocycles. The second-order valence-electron chi connectivity index (χ2n) is 4.92. The minimum Gasteiger partial charge on any atom is -0.494 e. The van der Waals surface area contributed by atoms with Gasteiger partial charge in [-0.2, -0.15) is 0 Å². The number of carbonyl (C=O) groups excluding carboxylic acids is 1. The van der Waals surface area contributed by atoms with E-state index in [1.165, 1.54) is 7.11 Å². The van der Waals surface area contributed by atoms with Crippen molar-refractivity contribution >= 4 is 5.97 Å². The van der Waals surface area contributed by atoms with Crippen molar-refractivity contribution in [2.24, 2.45) is 5.73 Å². The second-order valence-corrected chi connectivity index (χ2v) is 4.92. The van der Waals surface area contributed by atoms with Gasteiger partial charge in [-0.1, -0.05) is 12.1 Å². The number of aliphatic hydroxyl groups is 1. The van der Waals surface area contributed by atoms with Gasteiger partial charge in [-0.3, -0.25) is 0 Å². The van der Waals surface area contributed by atoms with E-state index in [2.05, 4.69) is 4.74 Å². The van der Waals surface area contributed by atoms with Crippen LogP contribution in [-0.4, -0.2) is 37.4 Å². The highest BCUT2D eigenvalue weighted by atomic mass is 16.5. The largest absolute Gasteiger partial charge is 0.494 e. The summed E-state index contributed by atoms with van der Waals surface area (Å²) in [5.74, 6) is 0.279. The third-order valence-corrected chi connectivity index (χ3v) is 3.21. The first kappa shape index (κ1) is 17.5. The molecule has 1 atom stereocenters. The summed E-state index contributed by atoms with van der Waals surface area (Å²) in [5.41, 5.74) is 6.57. The van der Waals surface area contributed by atoms with E-state index in [1.807, 2.05) is 24.3 Å². The summed E-state index contributed by atoms with van der Waals surface area (Å²) in [6.07, 6.45) is 2.85. The third kappa shape index (κ3) is 7.11. The van der Waals surface area contributed by atoms with E-state index in [1.54, 1.807) is 0 Å². The Morgan fingerprint density at radius 2 is 1.95 bits per heavy atom. The number of unbranched alkanes of at least 4 members (excludes halogenated alkanes) is 1. The highest BCUT2D eigenvalue weighted by Crippen LogP contribution is 2.15. The quantitative estimate of drug-likeness (QED) is 0.507. The van der Waals surface area contributed by atoms with Gasteiger partial charge < -0.3 is 20.3 Å². The lowest BCUT2D eigenvalue weighted by molar-refractivity contribution is -0.150. The van der Waals surface area contributed by atoms with E-state index in [0.29, 0.717) is 19.6 Å². The maximum absolute atomic E-state index is 11.0. The first-order valence-electron chi connectivity index (χ1n) is 7.35. The summed E-state index contributed by atoms with van der Waals surface area (Å²) < 4.78 is 10.1. The molecule has 21 heavy (non-hydrogen) atoms. The molecule has 0 aliphatic carbocycles. The minimum atomic E-state index is -1.03. The van der Waals surface area contributed by atoms with Crippen molar-refractivity contribution in [1.82, 2.24) is 0 Å². The standard InChI is InChI=1S/C16H25NO4/c1-20-16(19)15(18)6-4-5-13-7-9-14(10-8-13)21-12-3-2-11-17/h7-10,15,18H,2-6,11-12,17H2,1H3. The number of nitrogens with two attached hydrogens (primary N) is 1. The van der Waals surface area contributed by atoms with Crippen molar-refractivity contribution in [1.29, 1.82) is 0 Å². The van der Waals surface area contributed by atoms with Crippen LogP contribution in [0, 0.1) is 0 Å². The van der Waals surface area contributed by atoms with Gasteiger partial charge in [-0.15, -0.1) is 0 Å². The van der Waals surface area contributed by atoms with Gasteiger partial charge >= 0.3 is 5.97 Å². The lowest BCUT2D eigenvalue weighted by atomic mass is 10.1. The summed E-state index contributed by atoms with van der Waals surface area (Å²) >= 11 is 0. The van der Waals surface area contributed by atoms with Crippen LogP contribution in [0.25, 0.3) is 0 Å². The van der Waals surface area contributed by atoms with Crippen LogP contribution in [0.2, 0.25) is 0 Å². The van der Waals surface area contributed by atoms with Crippen LogP contribution >= 0.6 is 0 Å². The Bertz CT molecular complexity index is 405. The van der Waals surface area contributed by atoms with Crippen molar-refractivity contribution in [3.63, 3.8) is 0 Å². The maximum atomic E-state index is 11.0. The molecule has 1 aromatic rings. The Hall–Kier alpha value is -1.59. The Morgan fingerprint density at radius 3 is 2.57 bits per heavy atom. The number of ether oxygens (including phenoxy) is 2.